The van der Waals surface area contributed by atoms with E-state index in [-0.39, 0.29) is 12.5 Å². The molecule has 1 N–H and O–H groups in total. The zero-order valence-corrected chi connectivity index (χ0v) is 18.5. The van der Waals surface area contributed by atoms with Crippen molar-refractivity contribution in [2.45, 2.75) is 39.2 Å². The van der Waals surface area contributed by atoms with Gasteiger partial charge in [-0.25, -0.2) is 4.98 Å². The Bertz CT molecular complexity index is 1360. The van der Waals surface area contributed by atoms with Crippen molar-refractivity contribution in [1.82, 2.24) is 9.38 Å². The summed E-state index contributed by atoms with van der Waals surface area (Å²) in [6, 6.07) is 13.4. The first-order valence-corrected chi connectivity index (χ1v) is 11.5. The van der Waals surface area contributed by atoms with Crippen LogP contribution in [0.4, 0.5) is 5.00 Å². The lowest BCUT2D eigenvalue weighted by atomic mass is 9.96. The molecule has 3 heterocycles. The fourth-order valence-electron chi connectivity index (χ4n) is 4.15. The summed E-state index contributed by atoms with van der Waals surface area (Å²) in [5.41, 5.74) is 4.91. The lowest BCUT2D eigenvalue weighted by molar-refractivity contribution is 0.102. The van der Waals surface area contributed by atoms with Gasteiger partial charge in [0.15, 0.2) is 0 Å². The summed E-state index contributed by atoms with van der Waals surface area (Å²) < 4.78 is 7.96. The highest BCUT2D eigenvalue weighted by molar-refractivity contribution is 7.16. The van der Waals surface area contributed by atoms with E-state index in [1.807, 2.05) is 41.9 Å². The van der Waals surface area contributed by atoms with Gasteiger partial charge in [-0.1, -0.05) is 18.2 Å². The summed E-state index contributed by atoms with van der Waals surface area (Å²) in [5.74, 6) is 0.208. The SMILES string of the molecule is Cc1cccn2cc(COc3ccccc3C(=O)Nc3sc4c(c3C#N)CCCC4)nc12. The van der Waals surface area contributed by atoms with Crippen LogP contribution in [0.1, 0.15) is 50.5 Å². The van der Waals surface area contributed by atoms with Crippen LogP contribution in [0, 0.1) is 18.3 Å². The van der Waals surface area contributed by atoms with E-state index in [2.05, 4.69) is 16.4 Å². The minimum absolute atomic E-state index is 0.252. The minimum Gasteiger partial charge on any atom is -0.486 e. The molecule has 1 amide bonds. The van der Waals surface area contributed by atoms with E-state index in [0.29, 0.717) is 21.9 Å². The van der Waals surface area contributed by atoms with Crippen LogP contribution >= 0.6 is 11.3 Å². The molecule has 4 aromatic rings. The van der Waals surface area contributed by atoms with Crippen LogP contribution in [0.25, 0.3) is 5.65 Å². The number of benzene rings is 1. The Labute approximate surface area is 190 Å². The van der Waals surface area contributed by atoms with Crippen molar-refractivity contribution in [2.75, 3.05) is 5.32 Å². The smallest absolute Gasteiger partial charge is 0.260 e. The Morgan fingerprint density at radius 3 is 2.94 bits per heavy atom. The van der Waals surface area contributed by atoms with E-state index in [1.54, 1.807) is 18.2 Å². The van der Waals surface area contributed by atoms with E-state index in [4.69, 9.17) is 4.74 Å². The van der Waals surface area contributed by atoms with Crippen molar-refractivity contribution in [2.24, 2.45) is 0 Å². The summed E-state index contributed by atoms with van der Waals surface area (Å²) in [4.78, 5) is 18.9. The molecule has 32 heavy (non-hydrogen) atoms. The van der Waals surface area contributed by atoms with Gasteiger partial charge < -0.3 is 14.5 Å². The molecule has 0 unspecified atom stereocenters. The number of nitriles is 1. The van der Waals surface area contributed by atoms with Gasteiger partial charge in [0, 0.05) is 17.3 Å². The van der Waals surface area contributed by atoms with Gasteiger partial charge in [0.2, 0.25) is 0 Å². The quantitative estimate of drug-likeness (QED) is 0.456. The number of aromatic nitrogens is 2. The zero-order valence-electron chi connectivity index (χ0n) is 17.7. The molecule has 0 radical (unpaired) electrons. The molecule has 0 aliphatic heterocycles. The molecule has 1 aliphatic carbocycles. The summed E-state index contributed by atoms with van der Waals surface area (Å²) in [5, 5.41) is 13.3. The second-order valence-corrected chi connectivity index (χ2v) is 9.03. The van der Waals surface area contributed by atoms with E-state index in [1.165, 1.54) is 16.2 Å². The number of anilines is 1. The van der Waals surface area contributed by atoms with Crippen LogP contribution in [0.2, 0.25) is 0 Å². The maximum Gasteiger partial charge on any atom is 0.260 e. The normalized spacial score (nSPS) is 12.9. The lowest BCUT2D eigenvalue weighted by Crippen LogP contribution is -2.13. The molecule has 0 saturated carbocycles. The summed E-state index contributed by atoms with van der Waals surface area (Å²) in [6.07, 6.45) is 7.98. The fourth-order valence-corrected chi connectivity index (χ4v) is 5.38. The number of ether oxygens (including phenoxy) is 1. The molecule has 0 bridgehead atoms. The fraction of sp³-hybridized carbons (Fsp3) is 0.240. The number of nitrogens with one attached hydrogen (secondary N) is 1. The number of carbonyl (C=O) groups excluding carboxylic acids is 1. The van der Waals surface area contributed by atoms with Crippen molar-refractivity contribution < 1.29 is 9.53 Å². The van der Waals surface area contributed by atoms with Gasteiger partial charge in [-0.2, -0.15) is 5.26 Å². The zero-order chi connectivity index (χ0) is 22.1. The number of aryl methyl sites for hydroxylation is 2. The third kappa shape index (κ3) is 3.74. The number of fused-ring (bicyclic) bond motifs is 2. The molecule has 6 nitrogen and oxygen atoms in total. The molecule has 0 saturated heterocycles. The number of pyridine rings is 1. The Balaban J connectivity index is 1.36. The van der Waals surface area contributed by atoms with Gasteiger partial charge in [0.05, 0.1) is 16.8 Å². The first kappa shape index (κ1) is 20.3. The predicted molar refractivity (Wildman–Crippen MR) is 124 cm³/mol. The number of thiophene rings is 1. The number of rotatable bonds is 5. The molecular weight excluding hydrogens is 420 g/mol. The Morgan fingerprint density at radius 2 is 2.09 bits per heavy atom. The molecule has 7 heteroatoms. The summed E-state index contributed by atoms with van der Waals surface area (Å²) in [7, 11) is 0. The molecule has 0 atom stereocenters. The highest BCUT2D eigenvalue weighted by Gasteiger charge is 2.23. The number of nitrogens with zero attached hydrogens (tertiary/aromatic N) is 3. The second-order valence-electron chi connectivity index (χ2n) is 7.92. The van der Waals surface area contributed by atoms with Gasteiger partial charge in [-0.05, 0) is 61.9 Å². The molecule has 5 rings (SSSR count). The average Bonchev–Trinajstić information content (AvgIpc) is 3.39. The number of para-hydroxylation sites is 1. The first-order valence-electron chi connectivity index (χ1n) is 10.6. The van der Waals surface area contributed by atoms with Crippen molar-refractivity contribution >= 4 is 27.9 Å². The third-order valence-electron chi connectivity index (χ3n) is 5.75. The van der Waals surface area contributed by atoms with Crippen molar-refractivity contribution in [1.29, 1.82) is 5.26 Å². The maximum atomic E-state index is 13.1. The van der Waals surface area contributed by atoms with Crippen molar-refractivity contribution in [3.05, 3.63) is 81.6 Å². The van der Waals surface area contributed by atoms with E-state index in [0.717, 1.165) is 48.2 Å². The number of hydrogen-bond donors (Lipinski definition) is 1. The molecular formula is C25H22N4O2S. The van der Waals surface area contributed by atoms with Gasteiger partial charge in [-0.3, -0.25) is 4.79 Å². The molecule has 1 aromatic carbocycles. The van der Waals surface area contributed by atoms with Crippen LogP contribution in [-0.4, -0.2) is 15.3 Å². The van der Waals surface area contributed by atoms with Crippen LogP contribution in [0.3, 0.4) is 0 Å². The molecule has 0 fully saturated rings. The van der Waals surface area contributed by atoms with Crippen LogP contribution in [0.15, 0.2) is 48.8 Å². The first-order chi connectivity index (χ1) is 15.6. The number of amides is 1. The molecule has 160 valence electrons. The highest BCUT2D eigenvalue weighted by atomic mass is 32.1. The Morgan fingerprint density at radius 1 is 1.25 bits per heavy atom. The van der Waals surface area contributed by atoms with Gasteiger partial charge in [0.1, 0.15) is 29.1 Å². The highest BCUT2D eigenvalue weighted by Crippen LogP contribution is 2.38. The summed E-state index contributed by atoms with van der Waals surface area (Å²) >= 11 is 1.52. The van der Waals surface area contributed by atoms with E-state index in [9.17, 15) is 10.1 Å². The monoisotopic (exact) mass is 442 g/mol. The Kier molecular flexibility index (Phi) is 5.38. The van der Waals surface area contributed by atoms with Crippen LogP contribution in [-0.2, 0) is 19.4 Å². The maximum absolute atomic E-state index is 13.1. The van der Waals surface area contributed by atoms with Crippen molar-refractivity contribution in [3.63, 3.8) is 0 Å². The largest absolute Gasteiger partial charge is 0.486 e. The summed E-state index contributed by atoms with van der Waals surface area (Å²) in [6.45, 7) is 2.27. The van der Waals surface area contributed by atoms with Gasteiger partial charge >= 0.3 is 0 Å². The molecule has 1 aliphatic rings. The van der Waals surface area contributed by atoms with Gasteiger partial charge in [0.25, 0.3) is 5.91 Å². The van der Waals surface area contributed by atoms with Gasteiger partial charge in [-0.15, -0.1) is 11.3 Å². The van der Waals surface area contributed by atoms with E-state index < -0.39 is 0 Å². The Hall–Kier alpha value is -3.63. The number of hydrogen-bond acceptors (Lipinski definition) is 5. The van der Waals surface area contributed by atoms with Crippen LogP contribution < -0.4 is 10.1 Å². The standard InChI is InChI=1S/C25H22N4O2S/c1-16-7-6-12-29-14-17(27-23(16)29)15-31-21-10-4-2-9-19(21)24(30)28-25-20(13-26)18-8-3-5-11-22(18)32-25/h2,4,6-7,9-10,12,14H,3,5,8,11,15H2,1H3,(H,28,30). The predicted octanol–water partition coefficient (Wildman–Crippen LogP) is 5.29. The van der Waals surface area contributed by atoms with Crippen LogP contribution in [0.5, 0.6) is 5.75 Å². The lowest BCUT2D eigenvalue weighted by Gasteiger charge is -2.11. The second kappa shape index (κ2) is 8.48. The third-order valence-corrected chi connectivity index (χ3v) is 6.95. The minimum atomic E-state index is -0.276. The average molecular weight is 443 g/mol. The number of carbonyl (C=O) groups is 1. The topological polar surface area (TPSA) is 79.4 Å². The van der Waals surface area contributed by atoms with E-state index >= 15 is 0 Å². The van der Waals surface area contributed by atoms with Crippen molar-refractivity contribution in [3.8, 4) is 11.8 Å². The molecule has 0 spiro atoms. The molecule has 3 aromatic heterocycles. The number of imidazole rings is 1.